The van der Waals surface area contributed by atoms with Gasteiger partial charge >= 0.3 is 39.3 Å². The molecule has 47 heavy (non-hydrogen) atoms. The third-order valence-electron chi connectivity index (χ3n) is 8.62. The van der Waals surface area contributed by atoms with Gasteiger partial charge in [-0.3, -0.25) is 0 Å². The van der Waals surface area contributed by atoms with E-state index >= 15 is 0 Å². The molecule has 2 nitrogen and oxygen atoms in total. The van der Waals surface area contributed by atoms with E-state index in [1.54, 1.807) is 0 Å². The van der Waals surface area contributed by atoms with Crippen LogP contribution in [-0.4, -0.2) is 11.4 Å². The molecule has 7 rings (SSSR count). The Morgan fingerprint density at radius 1 is 0.532 bits per heavy atom. The zero-order valence-electron chi connectivity index (χ0n) is 25.6. The monoisotopic (exact) mass is 824 g/mol. The third kappa shape index (κ3) is 7.36. The number of hydrogen-bond donors (Lipinski definition) is 0. The van der Waals surface area contributed by atoms with Crippen LogP contribution in [0, 0.1) is 0 Å². The zero-order chi connectivity index (χ0) is 32.9. The Labute approximate surface area is 306 Å². The van der Waals surface area contributed by atoms with Gasteiger partial charge in [0.05, 0.1) is 22.8 Å². The van der Waals surface area contributed by atoms with Crippen molar-refractivity contribution < 1.29 is 10.9 Å². The van der Waals surface area contributed by atoms with Gasteiger partial charge in [0.1, 0.15) is 0 Å². The summed E-state index contributed by atoms with van der Waals surface area (Å²) in [5.41, 5.74) is 10.2. The minimum absolute atomic E-state index is 0.101. The second-order valence-electron chi connectivity index (χ2n) is 11.3. The van der Waals surface area contributed by atoms with E-state index in [4.69, 9.17) is 33.2 Å². The predicted octanol–water partition coefficient (Wildman–Crippen LogP) is 13.4. The molecule has 0 saturated carbocycles. The van der Waals surface area contributed by atoms with Crippen molar-refractivity contribution in [2.24, 2.45) is 9.98 Å². The molecule has 2 unspecified atom stereocenters. The van der Waals surface area contributed by atoms with Crippen molar-refractivity contribution in [3.05, 3.63) is 177 Å². The van der Waals surface area contributed by atoms with Gasteiger partial charge in [-0.2, -0.15) is 0 Å². The van der Waals surface area contributed by atoms with E-state index in [-0.39, 0.29) is 11.8 Å². The fourth-order valence-corrected chi connectivity index (χ4v) is 6.61. The Kier molecular flexibility index (Phi) is 11.1. The van der Waals surface area contributed by atoms with Gasteiger partial charge in [0.15, 0.2) is 0 Å². The van der Waals surface area contributed by atoms with Gasteiger partial charge in [-0.1, -0.05) is 134 Å². The maximum atomic E-state index is 6.57. The van der Waals surface area contributed by atoms with Gasteiger partial charge in [-0.25, -0.2) is 9.98 Å². The van der Waals surface area contributed by atoms with Crippen LogP contribution in [0.1, 0.15) is 59.1 Å². The van der Waals surface area contributed by atoms with Crippen LogP contribution in [0.3, 0.4) is 0 Å². The van der Waals surface area contributed by atoms with Gasteiger partial charge < -0.3 is 0 Å². The first-order chi connectivity index (χ1) is 22.9. The van der Waals surface area contributed by atoms with Gasteiger partial charge in [-0.15, -0.1) is 0 Å². The van der Waals surface area contributed by atoms with Crippen LogP contribution in [0.15, 0.2) is 143 Å². The van der Waals surface area contributed by atoms with E-state index in [2.05, 4.69) is 127 Å². The number of rotatable bonds is 6. The van der Waals surface area contributed by atoms with Crippen LogP contribution < -0.4 is 0 Å². The Balaban J connectivity index is 0.00000124. The van der Waals surface area contributed by atoms with E-state index in [0.29, 0.717) is 10.0 Å². The second kappa shape index (κ2) is 15.4. The molecule has 7 heteroatoms. The van der Waals surface area contributed by atoms with Crippen molar-refractivity contribution in [3.8, 4) is 0 Å². The molecule has 0 heterocycles. The third-order valence-corrected chi connectivity index (χ3v) is 9.09. The average Bonchev–Trinajstić information content (AvgIpc) is 3.39. The van der Waals surface area contributed by atoms with E-state index in [1.807, 2.05) is 48.5 Å². The number of halogens is 4. The molecule has 0 fully saturated rings. The molecule has 0 saturated heterocycles. The van der Waals surface area contributed by atoms with Crippen LogP contribution in [0.5, 0.6) is 0 Å². The summed E-state index contributed by atoms with van der Waals surface area (Å²) in [4.78, 5) is 10.8. The summed E-state index contributed by atoms with van der Waals surface area (Å²) in [6, 6.07) is 45.7. The Bertz CT molecular complexity index is 1950. The standard InChI is InChI=1S/C40H30Cl2N2.2BrH.Ni/c1-25(27-11-5-3-6-12-27)34-23-30(41)19-21-36(34)43-39-32-17-9-15-29-16-10-18-33(38(29)32)40(39)44-37-22-20-31(42)24-35(37)26(2)28-13-7-4-8-14-28;;;/h3-26H,1-2H3;2*1H;/q;;;+2/p-2. The van der Waals surface area contributed by atoms with Crippen molar-refractivity contribution in [3.63, 3.8) is 0 Å². The van der Waals surface area contributed by atoms with Gasteiger partial charge in [0.25, 0.3) is 0 Å². The molecule has 0 aromatic heterocycles. The number of benzene rings is 6. The number of hydrogen-bond acceptors (Lipinski definition) is 2. The van der Waals surface area contributed by atoms with Crippen LogP contribution in [0.2, 0.25) is 10.0 Å². The molecule has 1 aliphatic carbocycles. The molecule has 0 radical (unpaired) electrons. The Hall–Kier alpha value is -3.05. The maximum absolute atomic E-state index is 6.57. The molecule has 1 aliphatic rings. The molecule has 0 amide bonds. The van der Waals surface area contributed by atoms with Gasteiger partial charge in [0.2, 0.25) is 0 Å². The molecule has 0 bridgehead atoms. The van der Waals surface area contributed by atoms with E-state index in [0.717, 1.165) is 45.1 Å². The van der Waals surface area contributed by atoms with Crippen molar-refractivity contribution in [2.75, 3.05) is 0 Å². The van der Waals surface area contributed by atoms with Crippen molar-refractivity contribution in [2.45, 2.75) is 25.7 Å². The normalized spacial score (nSPS) is 15.1. The summed E-state index contributed by atoms with van der Waals surface area (Å²) in [5, 5.41) is 3.72. The van der Waals surface area contributed by atoms with Gasteiger partial charge in [-0.05, 0) is 64.0 Å². The quantitative estimate of drug-likeness (QED) is 0.149. The van der Waals surface area contributed by atoms with E-state index in [9.17, 15) is 0 Å². The fraction of sp³-hybridized carbons (Fsp3) is 0.100. The zero-order valence-corrected chi connectivity index (χ0v) is 31.3. The summed E-state index contributed by atoms with van der Waals surface area (Å²) >= 11 is 19.1. The number of aliphatic imine (C=N–C) groups is 2. The summed E-state index contributed by atoms with van der Waals surface area (Å²) in [6.45, 7) is 4.41. The topological polar surface area (TPSA) is 24.7 Å². The summed E-state index contributed by atoms with van der Waals surface area (Å²) < 4.78 is 0. The molecule has 238 valence electrons. The minimum atomic E-state index is 0.101. The summed E-state index contributed by atoms with van der Waals surface area (Å²) in [6.07, 6.45) is 0. The molecule has 0 N–H and O–H groups in total. The summed E-state index contributed by atoms with van der Waals surface area (Å²) in [7, 11) is 1.25. The Morgan fingerprint density at radius 3 is 1.34 bits per heavy atom. The molecular formula is C40H30Br2Cl2N2Ni. The molecule has 0 aliphatic heterocycles. The molecule has 6 aromatic rings. The molecule has 6 aromatic carbocycles. The van der Waals surface area contributed by atoms with Crippen LogP contribution >= 0.6 is 51.7 Å². The fourth-order valence-electron chi connectivity index (χ4n) is 6.25. The van der Waals surface area contributed by atoms with E-state index < -0.39 is 0 Å². The van der Waals surface area contributed by atoms with Crippen molar-refractivity contribution in [1.82, 2.24) is 0 Å². The van der Waals surface area contributed by atoms with Crippen molar-refractivity contribution >= 4 is 85.2 Å². The second-order valence-corrected chi connectivity index (χ2v) is 17.2. The van der Waals surface area contributed by atoms with Gasteiger partial charge in [0, 0.05) is 38.4 Å². The van der Waals surface area contributed by atoms with E-state index in [1.165, 1.54) is 32.8 Å². The molecule has 0 spiro atoms. The average molecular weight is 828 g/mol. The Morgan fingerprint density at radius 2 is 0.936 bits per heavy atom. The number of nitrogens with zero attached hydrogens (tertiary/aromatic N) is 2. The molecule has 2 atom stereocenters. The molecular weight excluding hydrogens is 798 g/mol. The van der Waals surface area contributed by atoms with Crippen LogP contribution in [-0.2, 0) is 10.9 Å². The summed E-state index contributed by atoms with van der Waals surface area (Å²) in [5.74, 6) is 0.201. The first-order valence-corrected chi connectivity index (χ1v) is 20.7. The SMILES string of the molecule is CC(c1ccccc1)c1cc(Cl)ccc1N=C1C(=Nc2ccc(Cl)cc2C(C)c2ccccc2)c2cccc3cccc1c23.[Br][Ni][Br]. The van der Waals surface area contributed by atoms with Crippen LogP contribution in [0.25, 0.3) is 10.8 Å². The van der Waals surface area contributed by atoms with Crippen LogP contribution in [0.4, 0.5) is 11.4 Å². The predicted molar refractivity (Wildman–Crippen MR) is 205 cm³/mol. The first-order valence-electron chi connectivity index (χ1n) is 15.1. The van der Waals surface area contributed by atoms with Crippen molar-refractivity contribution in [1.29, 1.82) is 0 Å². The first kappa shape index (κ1) is 33.8.